The van der Waals surface area contributed by atoms with Gasteiger partial charge < -0.3 is 10.1 Å². The molecule has 0 aromatic heterocycles. The molecular formula is C21H24N2O4S. The molecule has 0 spiro atoms. The molecule has 0 aliphatic carbocycles. The molecule has 1 heterocycles. The van der Waals surface area contributed by atoms with E-state index >= 15 is 0 Å². The van der Waals surface area contributed by atoms with E-state index in [-0.39, 0.29) is 10.8 Å². The van der Waals surface area contributed by atoms with Crippen molar-refractivity contribution in [2.45, 2.75) is 18.7 Å². The minimum Gasteiger partial charge on any atom is -0.379 e. The fourth-order valence-electron chi connectivity index (χ4n) is 2.86. The molecule has 1 aliphatic heterocycles. The van der Waals surface area contributed by atoms with E-state index in [0.29, 0.717) is 26.3 Å². The highest BCUT2D eigenvalue weighted by Gasteiger charge is 2.25. The first-order chi connectivity index (χ1) is 13.4. The summed E-state index contributed by atoms with van der Waals surface area (Å²) in [7, 11) is -3.51. The summed E-state index contributed by atoms with van der Waals surface area (Å²) in [4.78, 5) is 12.3. The van der Waals surface area contributed by atoms with Crippen LogP contribution in [0.25, 0.3) is 6.08 Å². The van der Waals surface area contributed by atoms with Crippen LogP contribution >= 0.6 is 0 Å². The monoisotopic (exact) mass is 400 g/mol. The van der Waals surface area contributed by atoms with Crippen molar-refractivity contribution < 1.29 is 17.9 Å². The van der Waals surface area contributed by atoms with Gasteiger partial charge in [-0.1, -0.05) is 18.2 Å². The van der Waals surface area contributed by atoms with Crippen molar-refractivity contribution in [3.05, 3.63) is 65.2 Å². The maximum atomic E-state index is 12.6. The van der Waals surface area contributed by atoms with Gasteiger partial charge in [0.05, 0.1) is 18.1 Å². The minimum absolute atomic E-state index is 0.242. The highest BCUT2D eigenvalue weighted by Crippen LogP contribution is 2.18. The Balaban J connectivity index is 1.64. The number of aryl methyl sites for hydroxylation is 2. The van der Waals surface area contributed by atoms with E-state index in [1.807, 2.05) is 32.0 Å². The summed E-state index contributed by atoms with van der Waals surface area (Å²) in [5.41, 5.74) is 3.76. The number of anilines is 1. The zero-order valence-electron chi connectivity index (χ0n) is 16.0. The van der Waals surface area contributed by atoms with Gasteiger partial charge >= 0.3 is 0 Å². The van der Waals surface area contributed by atoms with Gasteiger partial charge in [0.2, 0.25) is 15.9 Å². The van der Waals surface area contributed by atoms with Crippen LogP contribution in [0.2, 0.25) is 0 Å². The molecule has 7 heteroatoms. The molecule has 0 saturated carbocycles. The molecule has 2 aromatic carbocycles. The van der Waals surface area contributed by atoms with Crippen LogP contribution in [0.15, 0.2) is 53.4 Å². The van der Waals surface area contributed by atoms with Crippen LogP contribution in [0.3, 0.4) is 0 Å². The second-order valence-electron chi connectivity index (χ2n) is 6.71. The molecular weight excluding hydrogens is 376 g/mol. The first-order valence-corrected chi connectivity index (χ1v) is 10.5. The minimum atomic E-state index is -3.51. The summed E-state index contributed by atoms with van der Waals surface area (Å²) >= 11 is 0. The first-order valence-electron chi connectivity index (χ1n) is 9.10. The Morgan fingerprint density at radius 2 is 1.71 bits per heavy atom. The van der Waals surface area contributed by atoms with Crippen LogP contribution in [-0.4, -0.2) is 44.9 Å². The van der Waals surface area contributed by atoms with Crippen molar-refractivity contribution >= 4 is 27.7 Å². The maximum Gasteiger partial charge on any atom is 0.248 e. The lowest BCUT2D eigenvalue weighted by Gasteiger charge is -2.26. The lowest BCUT2D eigenvalue weighted by molar-refractivity contribution is -0.111. The zero-order valence-corrected chi connectivity index (χ0v) is 16.8. The highest BCUT2D eigenvalue weighted by atomic mass is 32.2. The smallest absolute Gasteiger partial charge is 0.248 e. The summed E-state index contributed by atoms with van der Waals surface area (Å²) in [6.45, 7) is 5.56. The lowest BCUT2D eigenvalue weighted by Crippen LogP contribution is -2.40. The van der Waals surface area contributed by atoms with Gasteiger partial charge in [0.25, 0.3) is 0 Å². The van der Waals surface area contributed by atoms with Gasteiger partial charge in [0.1, 0.15) is 0 Å². The number of hydrogen-bond donors (Lipinski definition) is 1. The zero-order chi connectivity index (χ0) is 20.1. The number of nitrogens with zero attached hydrogens (tertiary/aromatic N) is 1. The van der Waals surface area contributed by atoms with Gasteiger partial charge in [0.15, 0.2) is 0 Å². The van der Waals surface area contributed by atoms with Crippen molar-refractivity contribution in [1.29, 1.82) is 0 Å². The molecule has 1 N–H and O–H groups in total. The average Bonchev–Trinajstić information content (AvgIpc) is 2.70. The molecule has 1 saturated heterocycles. The van der Waals surface area contributed by atoms with Crippen molar-refractivity contribution in [3.8, 4) is 0 Å². The van der Waals surface area contributed by atoms with Crippen LogP contribution in [0.4, 0.5) is 5.69 Å². The van der Waals surface area contributed by atoms with E-state index in [9.17, 15) is 13.2 Å². The second kappa shape index (κ2) is 8.68. The number of sulfonamides is 1. The van der Waals surface area contributed by atoms with Gasteiger partial charge in [-0.15, -0.1) is 0 Å². The van der Waals surface area contributed by atoms with Crippen molar-refractivity contribution in [2.75, 3.05) is 31.6 Å². The van der Waals surface area contributed by atoms with Crippen LogP contribution in [0, 0.1) is 13.8 Å². The number of carbonyl (C=O) groups is 1. The molecule has 1 fully saturated rings. The fourth-order valence-corrected chi connectivity index (χ4v) is 4.27. The number of hydrogen-bond acceptors (Lipinski definition) is 4. The summed E-state index contributed by atoms with van der Waals surface area (Å²) in [5.74, 6) is -0.242. The number of ether oxygens (including phenoxy) is 1. The Kier molecular flexibility index (Phi) is 6.28. The fraction of sp³-hybridized carbons (Fsp3) is 0.286. The number of rotatable bonds is 5. The van der Waals surface area contributed by atoms with E-state index in [1.54, 1.807) is 30.3 Å². The highest BCUT2D eigenvalue weighted by molar-refractivity contribution is 7.89. The predicted molar refractivity (Wildman–Crippen MR) is 110 cm³/mol. The Labute approximate surface area is 165 Å². The quantitative estimate of drug-likeness (QED) is 0.783. The van der Waals surface area contributed by atoms with Crippen molar-refractivity contribution in [1.82, 2.24) is 4.31 Å². The molecule has 0 unspecified atom stereocenters. The molecule has 0 radical (unpaired) electrons. The summed E-state index contributed by atoms with van der Waals surface area (Å²) in [6.07, 6.45) is 3.09. The standard InChI is InChI=1S/C21H24N2O4S/c1-16-3-7-19(15-17(16)2)22-21(24)10-6-18-4-8-20(9-5-18)28(25,26)23-11-13-27-14-12-23/h3-10,15H,11-14H2,1-2H3,(H,22,24)/b10-6+. The van der Waals surface area contributed by atoms with Gasteiger partial charge in [-0.05, 0) is 60.9 Å². The van der Waals surface area contributed by atoms with E-state index in [4.69, 9.17) is 4.74 Å². The predicted octanol–water partition coefficient (Wildman–Crippen LogP) is 2.98. The topological polar surface area (TPSA) is 75.7 Å². The third-order valence-electron chi connectivity index (χ3n) is 4.69. The Bertz CT molecular complexity index is 976. The van der Waals surface area contributed by atoms with Crippen LogP contribution in [-0.2, 0) is 19.6 Å². The molecule has 148 valence electrons. The largest absolute Gasteiger partial charge is 0.379 e. The Hall–Kier alpha value is -2.48. The van der Waals surface area contributed by atoms with Crippen LogP contribution in [0.1, 0.15) is 16.7 Å². The average molecular weight is 401 g/mol. The van der Waals surface area contributed by atoms with E-state index < -0.39 is 10.0 Å². The first kappa shape index (κ1) is 20.3. The summed E-state index contributed by atoms with van der Waals surface area (Å²) < 4.78 is 31.8. The molecule has 1 amide bonds. The van der Waals surface area contributed by atoms with Gasteiger partial charge in [-0.25, -0.2) is 8.42 Å². The summed E-state index contributed by atoms with van der Waals surface area (Å²) in [5, 5.41) is 2.82. The molecule has 0 atom stereocenters. The Morgan fingerprint density at radius 3 is 2.36 bits per heavy atom. The van der Waals surface area contributed by atoms with Crippen LogP contribution < -0.4 is 5.32 Å². The van der Waals surface area contributed by atoms with Crippen LogP contribution in [0.5, 0.6) is 0 Å². The maximum absolute atomic E-state index is 12.6. The number of morpholine rings is 1. The van der Waals surface area contributed by atoms with E-state index in [2.05, 4.69) is 5.32 Å². The molecule has 2 aromatic rings. The SMILES string of the molecule is Cc1ccc(NC(=O)/C=C/c2ccc(S(=O)(=O)N3CCOCC3)cc2)cc1C. The Morgan fingerprint density at radius 1 is 1.04 bits per heavy atom. The molecule has 6 nitrogen and oxygen atoms in total. The van der Waals surface area contributed by atoms with Gasteiger partial charge in [-0.3, -0.25) is 4.79 Å². The number of amides is 1. The van der Waals surface area contributed by atoms with Crippen molar-refractivity contribution in [2.24, 2.45) is 0 Å². The van der Waals surface area contributed by atoms with Gasteiger partial charge in [-0.2, -0.15) is 4.31 Å². The number of carbonyl (C=O) groups excluding carboxylic acids is 1. The van der Waals surface area contributed by atoms with Gasteiger partial charge in [0, 0.05) is 24.9 Å². The summed E-state index contributed by atoms with van der Waals surface area (Å²) in [6, 6.07) is 12.2. The lowest BCUT2D eigenvalue weighted by atomic mass is 10.1. The molecule has 0 bridgehead atoms. The molecule has 28 heavy (non-hydrogen) atoms. The number of nitrogens with one attached hydrogen (secondary N) is 1. The molecule has 1 aliphatic rings. The van der Waals surface area contributed by atoms with Crippen molar-refractivity contribution in [3.63, 3.8) is 0 Å². The van der Waals surface area contributed by atoms with E-state index in [0.717, 1.165) is 16.8 Å². The second-order valence-corrected chi connectivity index (χ2v) is 8.65. The molecule has 3 rings (SSSR count). The number of benzene rings is 2. The normalized spacial score (nSPS) is 15.6. The third kappa shape index (κ3) is 4.86. The van der Waals surface area contributed by atoms with E-state index in [1.165, 1.54) is 15.9 Å². The third-order valence-corrected chi connectivity index (χ3v) is 6.60.